The van der Waals surface area contributed by atoms with Crippen LogP contribution in [0.1, 0.15) is 43.5 Å². The van der Waals surface area contributed by atoms with E-state index >= 15 is 0 Å². The Morgan fingerprint density at radius 1 is 1.30 bits per heavy atom. The van der Waals surface area contributed by atoms with Gasteiger partial charge in [0.2, 0.25) is 0 Å². The Bertz CT molecular complexity index is 648. The van der Waals surface area contributed by atoms with Gasteiger partial charge in [-0.05, 0) is 32.2 Å². The molecular weight excluding hydrogens is 265 g/mol. The monoisotopic (exact) mass is 282 g/mol. The highest BCUT2D eigenvalue weighted by Crippen LogP contribution is 2.38. The standard InChI is InChI=1S/C15H17F3N2/c1-2-6-19-10-4-3-5-11-12(10)13-14(18)8(16)7-9(17)15(13)20-11/h7,10,19-20H,2-6H2,1H3. The van der Waals surface area contributed by atoms with Crippen molar-refractivity contribution >= 4 is 10.9 Å². The van der Waals surface area contributed by atoms with Crippen LogP contribution in [-0.2, 0) is 6.42 Å². The summed E-state index contributed by atoms with van der Waals surface area (Å²) in [6.07, 6.45) is 3.51. The quantitative estimate of drug-likeness (QED) is 0.819. The van der Waals surface area contributed by atoms with Gasteiger partial charge in [0.05, 0.1) is 5.52 Å². The van der Waals surface area contributed by atoms with Crippen molar-refractivity contribution in [2.45, 2.75) is 38.6 Å². The van der Waals surface area contributed by atoms with Crippen LogP contribution in [0.15, 0.2) is 6.07 Å². The normalized spacial score (nSPS) is 18.5. The molecule has 1 aromatic carbocycles. The average molecular weight is 282 g/mol. The maximum absolute atomic E-state index is 14.1. The fourth-order valence-electron chi connectivity index (χ4n) is 3.07. The largest absolute Gasteiger partial charge is 0.356 e. The van der Waals surface area contributed by atoms with Gasteiger partial charge in [0, 0.05) is 28.8 Å². The molecule has 0 saturated heterocycles. The fourth-order valence-corrected chi connectivity index (χ4v) is 3.07. The molecule has 0 radical (unpaired) electrons. The Kier molecular flexibility index (Phi) is 3.46. The molecule has 1 aliphatic rings. The van der Waals surface area contributed by atoms with Crippen LogP contribution >= 0.6 is 0 Å². The zero-order valence-electron chi connectivity index (χ0n) is 11.3. The second-order valence-corrected chi connectivity index (χ2v) is 5.32. The Morgan fingerprint density at radius 2 is 2.10 bits per heavy atom. The number of nitrogens with one attached hydrogen (secondary N) is 2. The lowest BCUT2D eigenvalue weighted by molar-refractivity contribution is 0.458. The second kappa shape index (κ2) is 5.13. The molecule has 0 spiro atoms. The first kappa shape index (κ1) is 13.5. The molecule has 0 bridgehead atoms. The highest BCUT2D eigenvalue weighted by atomic mass is 19.2. The molecule has 2 aromatic rings. The predicted octanol–water partition coefficient (Wildman–Crippen LogP) is 3.96. The lowest BCUT2D eigenvalue weighted by atomic mass is 9.90. The van der Waals surface area contributed by atoms with E-state index < -0.39 is 17.5 Å². The van der Waals surface area contributed by atoms with E-state index in [1.165, 1.54) is 0 Å². The van der Waals surface area contributed by atoms with Crippen molar-refractivity contribution < 1.29 is 13.2 Å². The van der Waals surface area contributed by atoms with Gasteiger partial charge in [-0.1, -0.05) is 6.92 Å². The van der Waals surface area contributed by atoms with E-state index in [2.05, 4.69) is 10.3 Å². The number of hydrogen-bond donors (Lipinski definition) is 2. The van der Waals surface area contributed by atoms with E-state index in [0.29, 0.717) is 11.6 Å². The van der Waals surface area contributed by atoms with Crippen molar-refractivity contribution in [3.8, 4) is 0 Å². The van der Waals surface area contributed by atoms with Gasteiger partial charge in [0.25, 0.3) is 0 Å². The van der Waals surface area contributed by atoms with Crippen LogP contribution < -0.4 is 5.32 Å². The van der Waals surface area contributed by atoms with Crippen LogP contribution in [0.3, 0.4) is 0 Å². The van der Waals surface area contributed by atoms with Gasteiger partial charge in [0.1, 0.15) is 5.82 Å². The van der Waals surface area contributed by atoms with Crippen LogP contribution in [0.5, 0.6) is 0 Å². The third-order valence-electron chi connectivity index (χ3n) is 3.95. The zero-order valence-corrected chi connectivity index (χ0v) is 11.3. The molecule has 108 valence electrons. The van der Waals surface area contributed by atoms with Crippen molar-refractivity contribution in [1.82, 2.24) is 10.3 Å². The number of hydrogen-bond acceptors (Lipinski definition) is 1. The highest BCUT2D eigenvalue weighted by molar-refractivity contribution is 5.86. The van der Waals surface area contributed by atoms with Crippen molar-refractivity contribution in [2.75, 3.05) is 6.54 Å². The lowest BCUT2D eigenvalue weighted by Crippen LogP contribution is -2.25. The molecule has 0 aliphatic heterocycles. The Balaban J connectivity index is 2.21. The molecular formula is C15H17F3N2. The van der Waals surface area contributed by atoms with Crippen LogP contribution in [0, 0.1) is 17.5 Å². The summed E-state index contributed by atoms with van der Waals surface area (Å²) in [6, 6.07) is 0.567. The van der Waals surface area contributed by atoms with E-state index in [1.807, 2.05) is 6.92 Å². The molecule has 1 unspecified atom stereocenters. The number of halogens is 3. The van der Waals surface area contributed by atoms with Crippen molar-refractivity contribution in [2.24, 2.45) is 0 Å². The minimum Gasteiger partial charge on any atom is -0.356 e. The fraction of sp³-hybridized carbons (Fsp3) is 0.467. The van der Waals surface area contributed by atoms with Gasteiger partial charge in [-0.25, -0.2) is 13.2 Å². The van der Waals surface area contributed by atoms with E-state index in [4.69, 9.17) is 0 Å². The summed E-state index contributed by atoms with van der Waals surface area (Å²) >= 11 is 0. The summed E-state index contributed by atoms with van der Waals surface area (Å²) in [7, 11) is 0. The molecule has 0 fully saturated rings. The van der Waals surface area contributed by atoms with E-state index in [-0.39, 0.29) is 16.9 Å². The Labute approximate surface area is 115 Å². The molecule has 20 heavy (non-hydrogen) atoms. The SMILES string of the molecule is CCCNC1CCCc2[nH]c3c(F)cc(F)c(F)c3c21. The molecule has 3 rings (SSSR count). The van der Waals surface area contributed by atoms with Crippen LogP contribution in [0.2, 0.25) is 0 Å². The molecule has 1 atom stereocenters. The van der Waals surface area contributed by atoms with Gasteiger partial charge in [-0.15, -0.1) is 0 Å². The number of rotatable bonds is 3. The highest BCUT2D eigenvalue weighted by Gasteiger charge is 2.28. The van der Waals surface area contributed by atoms with Gasteiger partial charge < -0.3 is 10.3 Å². The molecule has 1 aromatic heterocycles. The van der Waals surface area contributed by atoms with Crippen LogP contribution in [0.25, 0.3) is 10.9 Å². The minimum absolute atomic E-state index is 0.0388. The number of benzene rings is 1. The molecule has 5 heteroatoms. The lowest BCUT2D eigenvalue weighted by Gasteiger charge is -2.24. The maximum Gasteiger partial charge on any atom is 0.168 e. The number of H-pyrrole nitrogens is 1. The number of aryl methyl sites for hydroxylation is 1. The third kappa shape index (κ3) is 2.00. The van der Waals surface area contributed by atoms with Crippen LogP contribution in [-0.4, -0.2) is 11.5 Å². The molecule has 1 aliphatic carbocycles. The first-order chi connectivity index (χ1) is 9.63. The van der Waals surface area contributed by atoms with Crippen LogP contribution in [0.4, 0.5) is 13.2 Å². The Morgan fingerprint density at radius 3 is 2.85 bits per heavy atom. The maximum atomic E-state index is 14.1. The smallest absolute Gasteiger partial charge is 0.168 e. The van der Waals surface area contributed by atoms with Crippen molar-refractivity contribution in [1.29, 1.82) is 0 Å². The second-order valence-electron chi connectivity index (χ2n) is 5.32. The number of fused-ring (bicyclic) bond motifs is 3. The zero-order chi connectivity index (χ0) is 14.3. The number of aromatic nitrogens is 1. The van der Waals surface area contributed by atoms with Gasteiger partial charge in [-0.3, -0.25) is 0 Å². The molecule has 2 nitrogen and oxygen atoms in total. The molecule has 0 saturated carbocycles. The van der Waals surface area contributed by atoms with Crippen molar-refractivity contribution in [3.05, 3.63) is 34.8 Å². The third-order valence-corrected chi connectivity index (χ3v) is 3.95. The average Bonchev–Trinajstić information content (AvgIpc) is 2.83. The topological polar surface area (TPSA) is 27.8 Å². The first-order valence-electron chi connectivity index (χ1n) is 7.04. The summed E-state index contributed by atoms with van der Waals surface area (Å²) in [5.41, 5.74) is 1.61. The summed E-state index contributed by atoms with van der Waals surface area (Å²) < 4.78 is 41.4. The Hall–Kier alpha value is -1.49. The summed E-state index contributed by atoms with van der Waals surface area (Å²) in [5, 5.41) is 3.42. The number of aromatic amines is 1. The van der Waals surface area contributed by atoms with E-state index in [9.17, 15) is 13.2 Å². The predicted molar refractivity (Wildman–Crippen MR) is 72.1 cm³/mol. The summed E-state index contributed by atoms with van der Waals surface area (Å²) in [4.78, 5) is 2.94. The first-order valence-corrected chi connectivity index (χ1v) is 7.04. The summed E-state index contributed by atoms with van der Waals surface area (Å²) in [5.74, 6) is -2.82. The summed E-state index contributed by atoms with van der Waals surface area (Å²) in [6.45, 7) is 2.85. The van der Waals surface area contributed by atoms with E-state index in [1.54, 1.807) is 0 Å². The van der Waals surface area contributed by atoms with Gasteiger partial charge >= 0.3 is 0 Å². The van der Waals surface area contributed by atoms with Gasteiger partial charge in [0.15, 0.2) is 11.6 Å². The molecule has 0 amide bonds. The van der Waals surface area contributed by atoms with E-state index in [0.717, 1.165) is 37.9 Å². The molecule has 1 heterocycles. The molecule has 2 N–H and O–H groups in total. The van der Waals surface area contributed by atoms with Crippen molar-refractivity contribution in [3.63, 3.8) is 0 Å². The van der Waals surface area contributed by atoms with Gasteiger partial charge in [-0.2, -0.15) is 0 Å². The minimum atomic E-state index is -1.13.